The van der Waals surface area contributed by atoms with Gasteiger partial charge in [-0.2, -0.15) is 0 Å². The van der Waals surface area contributed by atoms with Crippen molar-refractivity contribution < 1.29 is 9.59 Å². The third-order valence-electron chi connectivity index (χ3n) is 4.97. The average Bonchev–Trinajstić information content (AvgIpc) is 3.35. The van der Waals surface area contributed by atoms with Crippen molar-refractivity contribution in [2.75, 3.05) is 5.75 Å². The number of carbonyl (C=O) groups excluding carboxylic acids is 2. The summed E-state index contributed by atoms with van der Waals surface area (Å²) in [7, 11) is 0. The SMILES string of the molecule is CCn1c(SCC(=O)NC2CCCC2)nnc1[C@H](C)NC(=O)c1ccccc1Br. The summed E-state index contributed by atoms with van der Waals surface area (Å²) in [6, 6.07) is 7.29. The van der Waals surface area contributed by atoms with Gasteiger partial charge in [0, 0.05) is 17.1 Å². The van der Waals surface area contributed by atoms with Gasteiger partial charge in [-0.25, -0.2) is 0 Å². The van der Waals surface area contributed by atoms with Gasteiger partial charge in [0.15, 0.2) is 11.0 Å². The lowest BCUT2D eigenvalue weighted by molar-refractivity contribution is -0.119. The molecule has 0 saturated heterocycles. The van der Waals surface area contributed by atoms with Gasteiger partial charge in [-0.3, -0.25) is 9.59 Å². The Kier molecular flexibility index (Phi) is 7.71. The quantitative estimate of drug-likeness (QED) is 0.563. The van der Waals surface area contributed by atoms with E-state index in [-0.39, 0.29) is 17.9 Å². The Labute approximate surface area is 183 Å². The highest BCUT2D eigenvalue weighted by molar-refractivity contribution is 9.10. The minimum Gasteiger partial charge on any atom is -0.353 e. The molecular weight excluding hydrogens is 454 g/mol. The van der Waals surface area contributed by atoms with Crippen LogP contribution in [0.2, 0.25) is 0 Å². The van der Waals surface area contributed by atoms with Crippen molar-refractivity contribution in [2.45, 2.75) is 63.3 Å². The Morgan fingerprint density at radius 2 is 2.00 bits per heavy atom. The first-order valence-electron chi connectivity index (χ1n) is 9.90. The third kappa shape index (κ3) is 5.60. The predicted octanol–water partition coefficient (Wildman–Crippen LogP) is 3.70. The molecule has 1 heterocycles. The summed E-state index contributed by atoms with van der Waals surface area (Å²) < 4.78 is 2.68. The Hall–Kier alpha value is -1.87. The van der Waals surface area contributed by atoms with E-state index in [1.165, 1.54) is 24.6 Å². The van der Waals surface area contributed by atoms with Gasteiger partial charge in [-0.05, 0) is 54.8 Å². The highest BCUT2D eigenvalue weighted by atomic mass is 79.9. The summed E-state index contributed by atoms with van der Waals surface area (Å²) in [6.07, 6.45) is 4.52. The molecule has 0 radical (unpaired) electrons. The highest BCUT2D eigenvalue weighted by Crippen LogP contribution is 2.23. The van der Waals surface area contributed by atoms with Gasteiger partial charge in [-0.1, -0.05) is 36.7 Å². The second-order valence-electron chi connectivity index (χ2n) is 7.10. The van der Waals surface area contributed by atoms with E-state index in [9.17, 15) is 9.59 Å². The van der Waals surface area contributed by atoms with E-state index in [0.29, 0.717) is 34.9 Å². The average molecular weight is 480 g/mol. The van der Waals surface area contributed by atoms with Crippen LogP contribution in [-0.4, -0.2) is 38.4 Å². The fourth-order valence-corrected chi connectivity index (χ4v) is 4.76. The third-order valence-corrected chi connectivity index (χ3v) is 6.63. The number of amides is 2. The topological polar surface area (TPSA) is 88.9 Å². The molecule has 1 aromatic carbocycles. The minimum absolute atomic E-state index is 0.0318. The molecule has 1 atom stereocenters. The van der Waals surface area contributed by atoms with E-state index in [1.807, 2.05) is 36.6 Å². The molecule has 2 N–H and O–H groups in total. The van der Waals surface area contributed by atoms with Crippen LogP contribution in [0.3, 0.4) is 0 Å². The molecule has 7 nitrogen and oxygen atoms in total. The molecule has 1 saturated carbocycles. The number of aromatic nitrogens is 3. The van der Waals surface area contributed by atoms with E-state index >= 15 is 0 Å². The molecule has 1 aliphatic carbocycles. The lowest BCUT2D eigenvalue weighted by Crippen LogP contribution is -2.33. The van der Waals surface area contributed by atoms with Gasteiger partial charge in [0.1, 0.15) is 0 Å². The van der Waals surface area contributed by atoms with Gasteiger partial charge >= 0.3 is 0 Å². The number of carbonyl (C=O) groups is 2. The molecule has 0 bridgehead atoms. The largest absolute Gasteiger partial charge is 0.353 e. The van der Waals surface area contributed by atoms with Crippen molar-refractivity contribution in [3.63, 3.8) is 0 Å². The molecule has 2 aromatic rings. The van der Waals surface area contributed by atoms with Gasteiger partial charge in [-0.15, -0.1) is 10.2 Å². The van der Waals surface area contributed by atoms with E-state index in [1.54, 1.807) is 6.07 Å². The molecule has 0 spiro atoms. The zero-order valence-electron chi connectivity index (χ0n) is 16.7. The number of hydrogen-bond donors (Lipinski definition) is 2. The maximum absolute atomic E-state index is 12.6. The number of benzene rings is 1. The maximum Gasteiger partial charge on any atom is 0.253 e. The second-order valence-corrected chi connectivity index (χ2v) is 8.89. The van der Waals surface area contributed by atoms with E-state index in [4.69, 9.17) is 0 Å². The Morgan fingerprint density at radius 1 is 1.28 bits per heavy atom. The van der Waals surface area contributed by atoms with Gasteiger partial charge in [0.05, 0.1) is 17.4 Å². The molecule has 3 rings (SSSR count). The Bertz CT molecular complexity index is 866. The molecule has 1 aromatic heterocycles. The monoisotopic (exact) mass is 479 g/mol. The minimum atomic E-state index is -0.316. The van der Waals surface area contributed by atoms with Crippen LogP contribution in [0.1, 0.15) is 61.8 Å². The first-order chi connectivity index (χ1) is 14.0. The molecule has 1 fully saturated rings. The maximum atomic E-state index is 12.6. The summed E-state index contributed by atoms with van der Waals surface area (Å²) in [5.41, 5.74) is 0.570. The smallest absolute Gasteiger partial charge is 0.253 e. The Balaban J connectivity index is 1.61. The van der Waals surface area contributed by atoms with E-state index in [2.05, 4.69) is 36.8 Å². The Morgan fingerprint density at radius 3 is 2.69 bits per heavy atom. The fourth-order valence-electron chi connectivity index (χ4n) is 3.48. The number of hydrogen-bond acceptors (Lipinski definition) is 5. The summed E-state index contributed by atoms with van der Waals surface area (Å²) in [4.78, 5) is 24.8. The van der Waals surface area contributed by atoms with Crippen LogP contribution in [0.25, 0.3) is 0 Å². The van der Waals surface area contributed by atoms with Crippen molar-refractivity contribution in [1.82, 2.24) is 25.4 Å². The zero-order chi connectivity index (χ0) is 20.8. The molecule has 9 heteroatoms. The molecule has 29 heavy (non-hydrogen) atoms. The van der Waals surface area contributed by atoms with Crippen molar-refractivity contribution in [2.24, 2.45) is 0 Å². The van der Waals surface area contributed by atoms with Crippen LogP contribution in [-0.2, 0) is 11.3 Å². The zero-order valence-corrected chi connectivity index (χ0v) is 19.1. The van der Waals surface area contributed by atoms with E-state index in [0.717, 1.165) is 17.3 Å². The van der Waals surface area contributed by atoms with Crippen LogP contribution in [0.15, 0.2) is 33.9 Å². The summed E-state index contributed by atoms with van der Waals surface area (Å²) in [6.45, 7) is 4.54. The summed E-state index contributed by atoms with van der Waals surface area (Å²) in [5, 5.41) is 15.3. The molecule has 0 unspecified atom stereocenters. The van der Waals surface area contributed by atoms with Crippen LogP contribution in [0.4, 0.5) is 0 Å². The summed E-state index contributed by atoms with van der Waals surface area (Å²) in [5.74, 6) is 0.837. The van der Waals surface area contributed by atoms with Crippen molar-refractivity contribution in [3.8, 4) is 0 Å². The van der Waals surface area contributed by atoms with Gasteiger partial charge in [0.25, 0.3) is 5.91 Å². The first kappa shape index (κ1) is 21.8. The number of nitrogens with one attached hydrogen (secondary N) is 2. The fraction of sp³-hybridized carbons (Fsp3) is 0.500. The van der Waals surface area contributed by atoms with Crippen LogP contribution in [0.5, 0.6) is 0 Å². The lowest BCUT2D eigenvalue weighted by Gasteiger charge is -2.16. The van der Waals surface area contributed by atoms with Crippen molar-refractivity contribution in [3.05, 3.63) is 40.1 Å². The van der Waals surface area contributed by atoms with E-state index < -0.39 is 0 Å². The highest BCUT2D eigenvalue weighted by Gasteiger charge is 2.22. The van der Waals surface area contributed by atoms with Crippen LogP contribution in [0, 0.1) is 0 Å². The van der Waals surface area contributed by atoms with Gasteiger partial charge in [0.2, 0.25) is 5.91 Å². The molecule has 1 aliphatic rings. The standard InChI is InChI=1S/C20H26BrN5O2S/c1-3-26-18(13(2)22-19(28)15-10-6-7-11-16(15)21)24-25-20(26)29-12-17(27)23-14-8-4-5-9-14/h6-7,10-11,13-14H,3-5,8-9,12H2,1-2H3,(H,22,28)(H,23,27)/t13-/m0/s1. The lowest BCUT2D eigenvalue weighted by atomic mass is 10.2. The van der Waals surface area contributed by atoms with Crippen molar-refractivity contribution in [1.29, 1.82) is 0 Å². The molecule has 0 aliphatic heterocycles. The molecule has 156 valence electrons. The second kappa shape index (κ2) is 10.2. The van der Waals surface area contributed by atoms with Crippen LogP contribution >= 0.6 is 27.7 Å². The molecule has 2 amide bonds. The molecular formula is C20H26BrN5O2S. The number of rotatable bonds is 8. The number of thioether (sulfide) groups is 1. The van der Waals surface area contributed by atoms with Crippen LogP contribution < -0.4 is 10.6 Å². The first-order valence-corrected chi connectivity index (χ1v) is 11.7. The van der Waals surface area contributed by atoms with Gasteiger partial charge < -0.3 is 15.2 Å². The number of nitrogens with zero attached hydrogens (tertiary/aromatic N) is 3. The van der Waals surface area contributed by atoms with Crippen molar-refractivity contribution >= 4 is 39.5 Å². The number of halogens is 1. The summed E-state index contributed by atoms with van der Waals surface area (Å²) >= 11 is 4.78. The normalized spacial score (nSPS) is 15.3. The predicted molar refractivity (Wildman–Crippen MR) is 117 cm³/mol.